The lowest BCUT2D eigenvalue weighted by molar-refractivity contribution is 0.415. The lowest BCUT2D eigenvalue weighted by Gasteiger charge is -2.12. The standard InChI is InChI=1S/C18H18N2O3S/c1-3-11-19-12-7-10-17(19)18-13-15(23-2)14-20(18)24(21,22)16-8-5-4-6-9-16/h3-10,12-14H,1,11H2,2H3. The maximum absolute atomic E-state index is 13.0. The van der Waals surface area contributed by atoms with Crippen molar-refractivity contribution in [3.8, 4) is 17.1 Å². The molecule has 5 nitrogen and oxygen atoms in total. The van der Waals surface area contributed by atoms with Gasteiger partial charge in [0, 0.05) is 18.8 Å². The number of methoxy groups -OCH3 is 1. The Kier molecular flexibility index (Phi) is 4.31. The van der Waals surface area contributed by atoms with Gasteiger partial charge in [-0.3, -0.25) is 0 Å². The van der Waals surface area contributed by atoms with Gasteiger partial charge in [-0.2, -0.15) is 0 Å². The summed E-state index contributed by atoms with van der Waals surface area (Å²) in [6, 6.07) is 13.8. The fourth-order valence-electron chi connectivity index (χ4n) is 2.57. The van der Waals surface area contributed by atoms with E-state index in [0.717, 1.165) is 5.69 Å². The van der Waals surface area contributed by atoms with E-state index in [1.165, 1.54) is 17.3 Å². The van der Waals surface area contributed by atoms with E-state index in [4.69, 9.17) is 4.74 Å². The maximum atomic E-state index is 13.0. The van der Waals surface area contributed by atoms with Gasteiger partial charge in [-0.25, -0.2) is 12.4 Å². The van der Waals surface area contributed by atoms with Crippen LogP contribution in [0.1, 0.15) is 0 Å². The zero-order valence-corrected chi connectivity index (χ0v) is 14.1. The van der Waals surface area contributed by atoms with Crippen LogP contribution in [0, 0.1) is 0 Å². The highest BCUT2D eigenvalue weighted by Crippen LogP contribution is 2.30. The third kappa shape index (κ3) is 2.76. The summed E-state index contributed by atoms with van der Waals surface area (Å²) < 4.78 is 34.5. The number of nitrogens with zero attached hydrogens (tertiary/aromatic N) is 2. The molecule has 0 amide bonds. The van der Waals surface area contributed by atoms with Gasteiger partial charge < -0.3 is 9.30 Å². The topological polar surface area (TPSA) is 53.2 Å². The molecule has 0 N–H and O–H groups in total. The van der Waals surface area contributed by atoms with E-state index in [0.29, 0.717) is 18.0 Å². The van der Waals surface area contributed by atoms with Gasteiger partial charge in [-0.15, -0.1) is 6.58 Å². The van der Waals surface area contributed by atoms with Crippen LogP contribution in [-0.2, 0) is 16.6 Å². The summed E-state index contributed by atoms with van der Waals surface area (Å²) in [6.07, 6.45) is 5.14. The molecule has 0 saturated heterocycles. The minimum Gasteiger partial charge on any atom is -0.495 e. The fourth-order valence-corrected chi connectivity index (χ4v) is 3.95. The van der Waals surface area contributed by atoms with Crippen molar-refractivity contribution in [1.29, 1.82) is 0 Å². The lowest BCUT2D eigenvalue weighted by atomic mass is 10.3. The van der Waals surface area contributed by atoms with E-state index in [2.05, 4.69) is 6.58 Å². The van der Waals surface area contributed by atoms with Crippen LogP contribution in [0.3, 0.4) is 0 Å². The molecule has 0 fully saturated rings. The van der Waals surface area contributed by atoms with Gasteiger partial charge in [-0.1, -0.05) is 24.3 Å². The average Bonchev–Trinajstić information content (AvgIpc) is 3.22. The van der Waals surface area contributed by atoms with E-state index >= 15 is 0 Å². The number of aromatic nitrogens is 2. The highest BCUT2D eigenvalue weighted by Gasteiger charge is 2.23. The molecular formula is C18H18N2O3S. The Morgan fingerprint density at radius 3 is 2.54 bits per heavy atom. The molecule has 0 unspecified atom stereocenters. The van der Waals surface area contributed by atoms with Crippen LogP contribution >= 0.6 is 0 Å². The highest BCUT2D eigenvalue weighted by molar-refractivity contribution is 7.90. The van der Waals surface area contributed by atoms with Crippen molar-refractivity contribution in [3.63, 3.8) is 0 Å². The van der Waals surface area contributed by atoms with Crippen LogP contribution in [0.25, 0.3) is 11.4 Å². The second-order valence-corrected chi connectivity index (χ2v) is 7.03. The van der Waals surface area contributed by atoms with Gasteiger partial charge in [0.1, 0.15) is 5.75 Å². The quantitative estimate of drug-likeness (QED) is 0.645. The first-order valence-electron chi connectivity index (χ1n) is 7.41. The lowest BCUT2D eigenvalue weighted by Crippen LogP contribution is -2.14. The molecule has 1 aromatic carbocycles. The first-order valence-corrected chi connectivity index (χ1v) is 8.85. The Balaban J connectivity index is 2.21. The minimum absolute atomic E-state index is 0.228. The van der Waals surface area contributed by atoms with Crippen molar-refractivity contribution in [2.45, 2.75) is 11.4 Å². The Morgan fingerprint density at radius 2 is 1.88 bits per heavy atom. The fraction of sp³-hybridized carbons (Fsp3) is 0.111. The summed E-state index contributed by atoms with van der Waals surface area (Å²) in [5, 5.41) is 0. The Morgan fingerprint density at radius 1 is 1.12 bits per heavy atom. The van der Waals surface area contributed by atoms with Crippen LogP contribution in [0.2, 0.25) is 0 Å². The first-order chi connectivity index (χ1) is 11.6. The van der Waals surface area contributed by atoms with Crippen molar-refractivity contribution in [2.75, 3.05) is 7.11 Å². The average molecular weight is 342 g/mol. The molecule has 3 rings (SSSR count). The van der Waals surface area contributed by atoms with Gasteiger partial charge in [0.05, 0.1) is 29.6 Å². The van der Waals surface area contributed by atoms with E-state index < -0.39 is 10.0 Å². The molecule has 0 radical (unpaired) electrons. The number of allylic oxidation sites excluding steroid dienone is 1. The molecule has 0 atom stereocenters. The summed E-state index contributed by atoms with van der Waals surface area (Å²) in [5.74, 6) is 0.482. The first kappa shape index (κ1) is 16.1. The van der Waals surface area contributed by atoms with Crippen LogP contribution in [0.5, 0.6) is 5.75 Å². The van der Waals surface area contributed by atoms with Crippen molar-refractivity contribution in [3.05, 3.63) is 73.6 Å². The van der Waals surface area contributed by atoms with Crippen LogP contribution in [0.4, 0.5) is 0 Å². The van der Waals surface area contributed by atoms with Crippen LogP contribution in [0.15, 0.2) is 78.5 Å². The molecule has 0 aliphatic rings. The highest BCUT2D eigenvalue weighted by atomic mass is 32.2. The molecule has 3 aromatic rings. The van der Waals surface area contributed by atoms with E-state index in [-0.39, 0.29) is 4.90 Å². The van der Waals surface area contributed by atoms with Crippen molar-refractivity contribution < 1.29 is 13.2 Å². The van der Waals surface area contributed by atoms with Crippen LogP contribution < -0.4 is 4.74 Å². The smallest absolute Gasteiger partial charge is 0.268 e. The SMILES string of the molecule is C=CCn1cccc1-c1cc(OC)cn1S(=O)(=O)c1ccccc1. The molecule has 2 aromatic heterocycles. The van der Waals surface area contributed by atoms with Crippen molar-refractivity contribution in [1.82, 2.24) is 8.54 Å². The second-order valence-electron chi connectivity index (χ2n) is 5.21. The van der Waals surface area contributed by atoms with E-state index in [1.807, 2.05) is 22.9 Å². The molecule has 0 saturated carbocycles. The zero-order chi connectivity index (χ0) is 17.2. The number of benzene rings is 1. The molecule has 0 bridgehead atoms. The Labute approximate surface area is 141 Å². The Hall–Kier alpha value is -2.73. The van der Waals surface area contributed by atoms with Crippen molar-refractivity contribution in [2.24, 2.45) is 0 Å². The molecular weight excluding hydrogens is 324 g/mol. The van der Waals surface area contributed by atoms with E-state index in [9.17, 15) is 8.42 Å². The van der Waals surface area contributed by atoms with Gasteiger partial charge in [0.15, 0.2) is 0 Å². The van der Waals surface area contributed by atoms with Crippen LogP contribution in [-0.4, -0.2) is 24.1 Å². The molecule has 24 heavy (non-hydrogen) atoms. The summed E-state index contributed by atoms with van der Waals surface area (Å²) in [6.45, 7) is 4.32. The molecule has 0 aliphatic heterocycles. The molecule has 6 heteroatoms. The summed E-state index contributed by atoms with van der Waals surface area (Å²) in [7, 11) is -2.20. The minimum atomic E-state index is -3.72. The molecule has 2 heterocycles. The largest absolute Gasteiger partial charge is 0.495 e. The van der Waals surface area contributed by atoms with Crippen molar-refractivity contribution >= 4 is 10.0 Å². The second kappa shape index (κ2) is 6.41. The normalized spacial score (nSPS) is 11.4. The van der Waals surface area contributed by atoms with Gasteiger partial charge in [0.2, 0.25) is 0 Å². The monoisotopic (exact) mass is 342 g/mol. The number of hydrogen-bond acceptors (Lipinski definition) is 3. The summed E-state index contributed by atoms with van der Waals surface area (Å²) in [5.41, 5.74) is 1.32. The summed E-state index contributed by atoms with van der Waals surface area (Å²) in [4.78, 5) is 0.228. The number of rotatable bonds is 6. The third-order valence-electron chi connectivity index (χ3n) is 3.71. The number of ether oxygens (including phenoxy) is 1. The van der Waals surface area contributed by atoms with Gasteiger partial charge >= 0.3 is 0 Å². The van der Waals surface area contributed by atoms with Gasteiger partial charge in [-0.05, 0) is 24.3 Å². The Bertz CT molecular complexity index is 953. The maximum Gasteiger partial charge on any atom is 0.268 e. The predicted octanol–water partition coefficient (Wildman–Crippen LogP) is 3.39. The predicted molar refractivity (Wildman–Crippen MR) is 93.6 cm³/mol. The molecule has 0 spiro atoms. The van der Waals surface area contributed by atoms with Gasteiger partial charge in [0.25, 0.3) is 10.0 Å². The number of hydrogen-bond donors (Lipinski definition) is 0. The summed E-state index contributed by atoms with van der Waals surface area (Å²) >= 11 is 0. The van der Waals surface area contributed by atoms with E-state index in [1.54, 1.807) is 42.5 Å². The third-order valence-corrected chi connectivity index (χ3v) is 5.40. The molecule has 124 valence electrons. The zero-order valence-electron chi connectivity index (χ0n) is 13.3. The molecule has 0 aliphatic carbocycles.